The summed E-state index contributed by atoms with van der Waals surface area (Å²) < 4.78 is 9.98. The van der Waals surface area contributed by atoms with Crippen LogP contribution >= 0.6 is 0 Å². The number of rotatable bonds is 7. The zero-order chi connectivity index (χ0) is 13.4. The Labute approximate surface area is 106 Å². The number of nitrogens with zero attached hydrogens (tertiary/aromatic N) is 2. The molecule has 1 N–H and O–H groups in total. The predicted molar refractivity (Wildman–Crippen MR) is 67.6 cm³/mol. The van der Waals surface area contributed by atoms with Gasteiger partial charge in [-0.2, -0.15) is 4.98 Å². The highest BCUT2D eigenvalue weighted by Gasteiger charge is 2.06. The third-order valence-corrected chi connectivity index (χ3v) is 1.88. The van der Waals surface area contributed by atoms with Crippen LogP contribution in [0.1, 0.15) is 12.6 Å². The van der Waals surface area contributed by atoms with Crippen LogP contribution in [0.15, 0.2) is 18.7 Å². The highest BCUT2D eigenvalue weighted by Crippen LogP contribution is 2.11. The Balaban J connectivity index is 2.61. The van der Waals surface area contributed by atoms with Crippen molar-refractivity contribution in [1.82, 2.24) is 9.97 Å². The number of hydrogen-bond acceptors (Lipinski definition) is 6. The molecule has 0 radical (unpaired) electrons. The Hall–Kier alpha value is -2.11. The zero-order valence-electron chi connectivity index (χ0n) is 10.6. The molecule has 0 unspecified atom stereocenters. The summed E-state index contributed by atoms with van der Waals surface area (Å²) in [4.78, 5) is 19.4. The first-order valence-corrected chi connectivity index (χ1v) is 5.64. The monoisotopic (exact) mass is 251 g/mol. The molecule has 0 aliphatic rings. The predicted octanol–water partition coefficient (Wildman–Crippen LogP) is 1.32. The van der Waals surface area contributed by atoms with Gasteiger partial charge in [-0.15, -0.1) is 6.58 Å². The minimum Gasteiger partial charge on any atom is -0.466 e. The lowest BCUT2D eigenvalue weighted by Gasteiger charge is -2.08. The van der Waals surface area contributed by atoms with Crippen molar-refractivity contribution in [3.05, 3.63) is 24.4 Å². The van der Waals surface area contributed by atoms with Gasteiger partial charge in [0.15, 0.2) is 6.61 Å². The molecule has 6 heteroatoms. The molecule has 0 saturated carbocycles. The Morgan fingerprint density at radius 2 is 2.33 bits per heavy atom. The average molecular weight is 251 g/mol. The summed E-state index contributed by atoms with van der Waals surface area (Å²) in [5.41, 5.74) is 0.746. The molecule has 1 rings (SSSR count). The lowest BCUT2D eigenvalue weighted by Crippen LogP contribution is -2.15. The fraction of sp³-hybridized carbons (Fsp3) is 0.417. The zero-order valence-corrected chi connectivity index (χ0v) is 10.6. The minimum atomic E-state index is -0.422. The molecule has 0 aromatic carbocycles. The van der Waals surface area contributed by atoms with Crippen LogP contribution in [0.3, 0.4) is 0 Å². The van der Waals surface area contributed by atoms with E-state index in [-0.39, 0.29) is 6.61 Å². The molecular formula is C12H17N3O3. The number of anilines is 1. The first-order chi connectivity index (χ1) is 8.65. The molecule has 0 bridgehead atoms. The van der Waals surface area contributed by atoms with Gasteiger partial charge in [0.05, 0.1) is 6.61 Å². The van der Waals surface area contributed by atoms with Gasteiger partial charge >= 0.3 is 5.97 Å². The second kappa shape index (κ2) is 7.26. The summed E-state index contributed by atoms with van der Waals surface area (Å²) in [7, 11) is 0. The summed E-state index contributed by atoms with van der Waals surface area (Å²) in [5, 5.41) is 2.95. The summed E-state index contributed by atoms with van der Waals surface area (Å²) >= 11 is 0. The number of aryl methyl sites for hydroxylation is 1. The molecule has 98 valence electrons. The largest absolute Gasteiger partial charge is 0.466 e. The van der Waals surface area contributed by atoms with Crippen LogP contribution in [0.4, 0.5) is 5.95 Å². The van der Waals surface area contributed by atoms with Gasteiger partial charge in [0.2, 0.25) is 11.8 Å². The van der Waals surface area contributed by atoms with E-state index < -0.39 is 5.97 Å². The Bertz CT molecular complexity index is 421. The first kappa shape index (κ1) is 14.0. The van der Waals surface area contributed by atoms with Crippen LogP contribution in [0.25, 0.3) is 0 Å². The van der Waals surface area contributed by atoms with Gasteiger partial charge in [-0.1, -0.05) is 6.08 Å². The summed E-state index contributed by atoms with van der Waals surface area (Å²) in [5.74, 6) is 0.352. The van der Waals surface area contributed by atoms with Gasteiger partial charge in [0.1, 0.15) is 0 Å². The van der Waals surface area contributed by atoms with Crippen LogP contribution in [0, 0.1) is 6.92 Å². The van der Waals surface area contributed by atoms with E-state index in [1.807, 2.05) is 6.92 Å². The Kier molecular flexibility index (Phi) is 5.63. The second-order valence-electron chi connectivity index (χ2n) is 3.43. The molecule has 0 saturated heterocycles. The van der Waals surface area contributed by atoms with Crippen LogP contribution < -0.4 is 10.1 Å². The number of ether oxygens (including phenoxy) is 2. The van der Waals surface area contributed by atoms with E-state index in [1.165, 1.54) is 0 Å². The summed E-state index contributed by atoms with van der Waals surface area (Å²) in [6, 6.07) is 1.65. The van der Waals surface area contributed by atoms with E-state index in [2.05, 4.69) is 21.9 Å². The maximum atomic E-state index is 11.1. The minimum absolute atomic E-state index is 0.162. The maximum Gasteiger partial charge on any atom is 0.344 e. The highest BCUT2D eigenvalue weighted by atomic mass is 16.6. The Morgan fingerprint density at radius 1 is 1.56 bits per heavy atom. The van der Waals surface area contributed by atoms with Gasteiger partial charge in [-0.05, 0) is 13.8 Å². The van der Waals surface area contributed by atoms with Crippen molar-refractivity contribution < 1.29 is 14.3 Å². The molecule has 18 heavy (non-hydrogen) atoms. The number of hydrogen-bond donors (Lipinski definition) is 1. The number of aromatic nitrogens is 2. The van der Waals surface area contributed by atoms with E-state index in [9.17, 15) is 4.79 Å². The normalized spacial score (nSPS) is 9.67. The molecule has 1 aromatic rings. The van der Waals surface area contributed by atoms with Crippen molar-refractivity contribution in [2.24, 2.45) is 0 Å². The van der Waals surface area contributed by atoms with Gasteiger partial charge in [-0.3, -0.25) is 0 Å². The SMILES string of the molecule is C=CCNc1nc(C)cc(OCC(=O)OCC)n1. The van der Waals surface area contributed by atoms with Crippen LogP contribution in [0.2, 0.25) is 0 Å². The first-order valence-electron chi connectivity index (χ1n) is 5.64. The molecule has 0 aliphatic heterocycles. The summed E-state index contributed by atoms with van der Waals surface area (Å²) in [6.45, 7) is 7.87. The van der Waals surface area contributed by atoms with Crippen LogP contribution in [-0.2, 0) is 9.53 Å². The average Bonchev–Trinajstić information content (AvgIpc) is 2.34. The molecule has 0 atom stereocenters. The second-order valence-corrected chi connectivity index (χ2v) is 3.43. The van der Waals surface area contributed by atoms with E-state index in [0.29, 0.717) is 25.0 Å². The lowest BCUT2D eigenvalue weighted by molar-refractivity contribution is -0.145. The van der Waals surface area contributed by atoms with Crippen LogP contribution in [-0.4, -0.2) is 35.7 Å². The smallest absolute Gasteiger partial charge is 0.344 e. The maximum absolute atomic E-state index is 11.1. The highest BCUT2D eigenvalue weighted by molar-refractivity contribution is 5.70. The Morgan fingerprint density at radius 3 is 3.00 bits per heavy atom. The summed E-state index contributed by atoms with van der Waals surface area (Å²) in [6.07, 6.45) is 1.70. The fourth-order valence-corrected chi connectivity index (χ4v) is 1.19. The number of nitrogens with one attached hydrogen (secondary N) is 1. The van der Waals surface area contributed by atoms with Crippen molar-refractivity contribution in [2.45, 2.75) is 13.8 Å². The van der Waals surface area contributed by atoms with Gasteiger partial charge in [0.25, 0.3) is 0 Å². The molecule has 0 fully saturated rings. The number of carbonyl (C=O) groups is 1. The molecule has 1 aromatic heterocycles. The number of esters is 1. The molecule has 0 aliphatic carbocycles. The van der Waals surface area contributed by atoms with E-state index >= 15 is 0 Å². The van der Waals surface area contributed by atoms with Crippen LogP contribution in [0.5, 0.6) is 5.88 Å². The molecular weight excluding hydrogens is 234 g/mol. The molecule has 1 heterocycles. The van der Waals surface area contributed by atoms with E-state index in [1.54, 1.807) is 19.1 Å². The van der Waals surface area contributed by atoms with Gasteiger partial charge in [-0.25, -0.2) is 9.78 Å². The third-order valence-electron chi connectivity index (χ3n) is 1.88. The quantitative estimate of drug-likeness (QED) is 0.582. The number of carbonyl (C=O) groups excluding carboxylic acids is 1. The third kappa shape index (κ3) is 4.82. The van der Waals surface area contributed by atoms with Gasteiger partial charge < -0.3 is 14.8 Å². The van der Waals surface area contributed by atoms with E-state index in [4.69, 9.17) is 9.47 Å². The van der Waals surface area contributed by atoms with E-state index in [0.717, 1.165) is 5.69 Å². The molecule has 0 spiro atoms. The molecule has 6 nitrogen and oxygen atoms in total. The standard InChI is InChI=1S/C12H17N3O3/c1-4-6-13-12-14-9(3)7-10(15-12)18-8-11(16)17-5-2/h4,7H,1,5-6,8H2,2-3H3,(H,13,14,15). The molecule has 0 amide bonds. The van der Waals surface area contributed by atoms with Crippen molar-refractivity contribution in [2.75, 3.05) is 25.1 Å². The van der Waals surface area contributed by atoms with Crippen molar-refractivity contribution in [1.29, 1.82) is 0 Å². The van der Waals surface area contributed by atoms with Gasteiger partial charge in [0, 0.05) is 18.3 Å². The van der Waals surface area contributed by atoms with Crippen molar-refractivity contribution in [3.63, 3.8) is 0 Å². The fourth-order valence-electron chi connectivity index (χ4n) is 1.19. The lowest BCUT2D eigenvalue weighted by atomic mass is 10.4. The van der Waals surface area contributed by atoms with Crippen molar-refractivity contribution >= 4 is 11.9 Å². The van der Waals surface area contributed by atoms with Crippen molar-refractivity contribution in [3.8, 4) is 5.88 Å². The topological polar surface area (TPSA) is 73.3 Å².